The van der Waals surface area contributed by atoms with Gasteiger partial charge in [0.1, 0.15) is 11.6 Å². The van der Waals surface area contributed by atoms with E-state index in [2.05, 4.69) is 10.1 Å². The lowest BCUT2D eigenvalue weighted by molar-refractivity contribution is -0.122. The van der Waals surface area contributed by atoms with E-state index in [1.54, 1.807) is 24.3 Å². The minimum absolute atomic E-state index is 0.0987. The van der Waals surface area contributed by atoms with Crippen LogP contribution in [0.15, 0.2) is 42.5 Å². The van der Waals surface area contributed by atoms with Crippen LogP contribution in [-0.2, 0) is 11.2 Å². The molecule has 0 saturated carbocycles. The largest absolute Gasteiger partial charge is 0.435 e. The van der Waals surface area contributed by atoms with Gasteiger partial charge in [-0.15, -0.1) is 0 Å². The van der Waals surface area contributed by atoms with Gasteiger partial charge in [-0.05, 0) is 49.2 Å². The minimum Gasteiger partial charge on any atom is -0.435 e. The molecule has 3 rings (SSSR count). The molecule has 0 atom stereocenters. The van der Waals surface area contributed by atoms with Gasteiger partial charge in [0.05, 0.1) is 12.2 Å². The molecule has 1 aliphatic rings. The van der Waals surface area contributed by atoms with Crippen LogP contribution in [0.4, 0.5) is 18.9 Å². The molecule has 0 bridgehead atoms. The number of nitrogens with one attached hydrogen (secondary N) is 1. The Morgan fingerprint density at radius 2 is 1.75 bits per heavy atom. The van der Waals surface area contributed by atoms with Gasteiger partial charge in [-0.3, -0.25) is 14.5 Å². The van der Waals surface area contributed by atoms with Crippen LogP contribution in [0.3, 0.4) is 0 Å². The van der Waals surface area contributed by atoms with E-state index >= 15 is 0 Å². The zero-order valence-electron chi connectivity index (χ0n) is 17.8. The number of ether oxygens (including phenoxy) is 1. The topological polar surface area (TPSA) is 61.9 Å². The number of hydrogen-bond acceptors (Lipinski definition) is 5. The van der Waals surface area contributed by atoms with Crippen molar-refractivity contribution in [3.63, 3.8) is 0 Å². The maximum Gasteiger partial charge on any atom is 0.387 e. The van der Waals surface area contributed by atoms with Crippen LogP contribution in [0.1, 0.15) is 22.8 Å². The summed E-state index contributed by atoms with van der Waals surface area (Å²) in [5, 5.41) is 2.86. The van der Waals surface area contributed by atoms with E-state index in [9.17, 15) is 22.8 Å². The summed E-state index contributed by atoms with van der Waals surface area (Å²) in [7, 11) is 0. The number of benzene rings is 2. The fourth-order valence-electron chi connectivity index (χ4n) is 3.57. The summed E-state index contributed by atoms with van der Waals surface area (Å²) in [6.45, 7) is 1.63. The van der Waals surface area contributed by atoms with Crippen molar-refractivity contribution in [2.24, 2.45) is 0 Å². The van der Waals surface area contributed by atoms with Gasteiger partial charge in [0, 0.05) is 38.3 Å². The summed E-state index contributed by atoms with van der Waals surface area (Å²) in [5.74, 6) is -0.601. The second-order valence-corrected chi connectivity index (χ2v) is 7.61. The van der Waals surface area contributed by atoms with Crippen molar-refractivity contribution in [3.05, 3.63) is 59.4 Å². The van der Waals surface area contributed by atoms with Crippen molar-refractivity contribution in [2.45, 2.75) is 20.0 Å². The van der Waals surface area contributed by atoms with E-state index in [0.717, 1.165) is 5.56 Å². The molecule has 0 unspecified atom stereocenters. The quantitative estimate of drug-likeness (QED) is 0.596. The average Bonchev–Trinajstić information content (AvgIpc) is 2.75. The molecular formula is C23H26F3N3O3. The van der Waals surface area contributed by atoms with E-state index in [4.69, 9.17) is 0 Å². The summed E-state index contributed by atoms with van der Waals surface area (Å²) in [6.07, 6.45) is 0.573. The number of ketones is 1. The van der Waals surface area contributed by atoms with Crippen molar-refractivity contribution >= 4 is 17.4 Å². The first-order chi connectivity index (χ1) is 15.3. The van der Waals surface area contributed by atoms with Crippen LogP contribution in [0.2, 0.25) is 0 Å². The van der Waals surface area contributed by atoms with Gasteiger partial charge in [0.15, 0.2) is 5.78 Å². The number of Topliss-reactive ketones (excluding diaryl/α,β-unsaturated/α-hetero) is 1. The molecule has 0 spiro atoms. The Morgan fingerprint density at radius 1 is 1.06 bits per heavy atom. The zero-order chi connectivity index (χ0) is 23.1. The van der Waals surface area contributed by atoms with Gasteiger partial charge in [0.25, 0.3) is 0 Å². The van der Waals surface area contributed by atoms with Crippen LogP contribution < -0.4 is 15.0 Å². The first-order valence-electron chi connectivity index (χ1n) is 10.4. The monoisotopic (exact) mass is 449 g/mol. The lowest BCUT2D eigenvalue weighted by atomic mass is 10.1. The molecule has 172 valence electrons. The predicted octanol–water partition coefficient (Wildman–Crippen LogP) is 3.11. The standard InChI is InChI=1S/C23H26F3N3O3/c1-16(30)18-4-7-21(20(24)14-18)29-12-10-28(11-13-29)15-22(31)27-9-8-17-2-5-19(6-3-17)32-23(25)26/h2-7,14,23H,8-13,15H2,1H3,(H,27,31). The number of piperazine rings is 1. The Balaban J connectivity index is 1.38. The number of anilines is 1. The third-order valence-corrected chi connectivity index (χ3v) is 5.32. The Kier molecular flexibility index (Phi) is 8.10. The molecule has 1 amide bonds. The number of rotatable bonds is 9. The first-order valence-corrected chi connectivity index (χ1v) is 10.4. The predicted molar refractivity (Wildman–Crippen MR) is 115 cm³/mol. The maximum absolute atomic E-state index is 14.3. The van der Waals surface area contributed by atoms with Gasteiger partial charge in [-0.2, -0.15) is 8.78 Å². The minimum atomic E-state index is -2.85. The molecule has 1 fully saturated rings. The van der Waals surface area contributed by atoms with Crippen molar-refractivity contribution in [1.29, 1.82) is 0 Å². The van der Waals surface area contributed by atoms with Crippen LogP contribution in [0.25, 0.3) is 0 Å². The molecule has 0 aliphatic carbocycles. The van der Waals surface area contributed by atoms with Gasteiger partial charge >= 0.3 is 6.61 Å². The van der Waals surface area contributed by atoms with Crippen molar-refractivity contribution in [1.82, 2.24) is 10.2 Å². The number of carbonyl (C=O) groups is 2. The maximum atomic E-state index is 14.3. The van der Waals surface area contributed by atoms with E-state index in [-0.39, 0.29) is 24.0 Å². The highest BCUT2D eigenvalue weighted by Crippen LogP contribution is 2.22. The highest BCUT2D eigenvalue weighted by molar-refractivity contribution is 5.94. The fourth-order valence-corrected chi connectivity index (χ4v) is 3.57. The number of halogens is 3. The molecule has 1 N–H and O–H groups in total. The molecule has 2 aromatic rings. The van der Waals surface area contributed by atoms with Gasteiger partial charge in [-0.25, -0.2) is 4.39 Å². The SMILES string of the molecule is CC(=O)c1ccc(N2CCN(CC(=O)NCCc3ccc(OC(F)F)cc3)CC2)c(F)c1. The molecule has 2 aromatic carbocycles. The number of alkyl halides is 2. The molecule has 1 heterocycles. The number of amides is 1. The lowest BCUT2D eigenvalue weighted by Gasteiger charge is -2.35. The zero-order valence-corrected chi connectivity index (χ0v) is 17.8. The van der Waals surface area contributed by atoms with E-state index in [0.29, 0.717) is 50.4 Å². The molecular weight excluding hydrogens is 423 g/mol. The van der Waals surface area contributed by atoms with Crippen molar-refractivity contribution in [2.75, 3.05) is 44.2 Å². The van der Waals surface area contributed by atoms with Crippen molar-refractivity contribution in [3.8, 4) is 5.75 Å². The summed E-state index contributed by atoms with van der Waals surface area (Å²) in [4.78, 5) is 27.5. The van der Waals surface area contributed by atoms with Crippen LogP contribution >= 0.6 is 0 Å². The Hall–Kier alpha value is -3.07. The summed E-state index contributed by atoms with van der Waals surface area (Å²) in [6, 6.07) is 10.8. The Morgan fingerprint density at radius 3 is 2.34 bits per heavy atom. The Labute approximate surface area is 184 Å². The molecule has 32 heavy (non-hydrogen) atoms. The Bertz CT molecular complexity index is 930. The van der Waals surface area contributed by atoms with Gasteiger partial charge < -0.3 is 15.0 Å². The molecule has 1 saturated heterocycles. The third kappa shape index (κ3) is 6.71. The second-order valence-electron chi connectivity index (χ2n) is 7.61. The van der Waals surface area contributed by atoms with Crippen LogP contribution in [0.5, 0.6) is 5.75 Å². The van der Waals surface area contributed by atoms with Gasteiger partial charge in [0.2, 0.25) is 5.91 Å². The smallest absolute Gasteiger partial charge is 0.387 e. The molecule has 9 heteroatoms. The summed E-state index contributed by atoms with van der Waals surface area (Å²) < 4.78 is 43.0. The number of hydrogen-bond donors (Lipinski definition) is 1. The fraction of sp³-hybridized carbons (Fsp3) is 0.391. The van der Waals surface area contributed by atoms with Crippen LogP contribution in [-0.4, -0.2) is 62.5 Å². The highest BCUT2D eigenvalue weighted by Gasteiger charge is 2.21. The summed E-state index contributed by atoms with van der Waals surface area (Å²) in [5.41, 5.74) is 1.71. The highest BCUT2D eigenvalue weighted by atomic mass is 19.3. The lowest BCUT2D eigenvalue weighted by Crippen LogP contribution is -2.49. The number of nitrogens with zero attached hydrogens (tertiary/aromatic N) is 2. The number of carbonyl (C=O) groups excluding carboxylic acids is 2. The second kappa shape index (κ2) is 11.0. The van der Waals surface area contributed by atoms with Crippen molar-refractivity contribution < 1.29 is 27.5 Å². The molecule has 1 aliphatic heterocycles. The normalized spacial score (nSPS) is 14.5. The van der Waals surface area contributed by atoms with E-state index < -0.39 is 12.4 Å². The van der Waals surface area contributed by atoms with E-state index in [1.165, 1.54) is 25.1 Å². The average molecular weight is 449 g/mol. The molecule has 0 aromatic heterocycles. The summed E-state index contributed by atoms with van der Waals surface area (Å²) >= 11 is 0. The molecule has 0 radical (unpaired) electrons. The first kappa shape index (κ1) is 23.6. The van der Waals surface area contributed by atoms with Gasteiger partial charge in [-0.1, -0.05) is 12.1 Å². The molecule has 6 nitrogen and oxygen atoms in total. The van der Waals surface area contributed by atoms with Crippen LogP contribution in [0, 0.1) is 5.82 Å². The third-order valence-electron chi connectivity index (χ3n) is 5.32. The van der Waals surface area contributed by atoms with E-state index in [1.807, 2.05) is 9.80 Å².